The van der Waals surface area contributed by atoms with Crippen LogP contribution in [0, 0.1) is 23.7 Å². The molecule has 64 valence electrons. The van der Waals surface area contributed by atoms with E-state index in [2.05, 4.69) is 28.4 Å². The van der Waals surface area contributed by atoms with Crippen LogP contribution < -0.4 is 0 Å². The number of rotatable bonds is 2. The molecule has 0 bridgehead atoms. The Kier molecular flexibility index (Phi) is 6.73. The van der Waals surface area contributed by atoms with Crippen LogP contribution in [0.15, 0.2) is 0 Å². The normalized spacial score (nSPS) is 7.17. The van der Waals surface area contributed by atoms with E-state index < -0.39 is 0 Å². The maximum Gasteiger partial charge on any atom is 0.306 e. The predicted octanol–water partition coefficient (Wildman–Crippen LogP) is -0.0613. The molecule has 1 N–H and O–H groups in total. The third-order valence-corrected chi connectivity index (χ3v) is 1.00. The maximum atomic E-state index is 10.5. The fraction of sp³-hybridized carbons (Fsp3) is 0.444. The van der Waals surface area contributed by atoms with Gasteiger partial charge in [-0.15, -0.1) is 0 Å². The molecule has 3 heteroatoms. The Morgan fingerprint density at radius 1 is 1.42 bits per heavy atom. The van der Waals surface area contributed by atoms with Crippen LogP contribution >= 0.6 is 0 Å². The van der Waals surface area contributed by atoms with Crippen molar-refractivity contribution in [3.05, 3.63) is 0 Å². The molecule has 0 aromatic carbocycles. The van der Waals surface area contributed by atoms with Gasteiger partial charge in [0.2, 0.25) is 0 Å². The van der Waals surface area contributed by atoms with Crippen molar-refractivity contribution in [3.63, 3.8) is 0 Å². The molecule has 0 spiro atoms. The minimum absolute atomic E-state index is 0.189. The van der Waals surface area contributed by atoms with Gasteiger partial charge >= 0.3 is 5.97 Å². The molecule has 0 rings (SSSR count). The average molecular weight is 166 g/mol. The van der Waals surface area contributed by atoms with E-state index in [9.17, 15) is 4.79 Å². The first-order chi connectivity index (χ1) is 5.81. The molecule has 0 aliphatic rings. The Hall–Kier alpha value is -1.45. The lowest BCUT2D eigenvalue weighted by molar-refractivity contribution is -0.140. The van der Waals surface area contributed by atoms with Crippen LogP contribution in [0.2, 0.25) is 0 Å². The fourth-order valence-corrected chi connectivity index (χ4v) is 0.457. The summed E-state index contributed by atoms with van der Waals surface area (Å²) in [4.78, 5) is 10.5. The zero-order valence-electron chi connectivity index (χ0n) is 6.89. The zero-order valence-corrected chi connectivity index (χ0v) is 6.89. The Balaban J connectivity index is 3.52. The molecule has 0 radical (unpaired) electrons. The van der Waals surface area contributed by atoms with Gasteiger partial charge in [0.05, 0.1) is 13.5 Å². The number of ether oxygens (including phenoxy) is 1. The van der Waals surface area contributed by atoms with Gasteiger partial charge in [0.25, 0.3) is 0 Å². The number of carbonyl (C=O) groups excluding carboxylic acids is 1. The smallest absolute Gasteiger partial charge is 0.306 e. The van der Waals surface area contributed by atoms with Crippen molar-refractivity contribution in [2.45, 2.75) is 12.8 Å². The Morgan fingerprint density at radius 3 is 2.67 bits per heavy atom. The summed E-state index contributed by atoms with van der Waals surface area (Å²) in [5.74, 6) is 9.64. The molecule has 0 fully saturated rings. The number of esters is 1. The lowest BCUT2D eigenvalue weighted by atomic mass is 10.3. The summed E-state index contributed by atoms with van der Waals surface area (Å²) < 4.78 is 4.40. The predicted molar refractivity (Wildman–Crippen MR) is 43.9 cm³/mol. The topological polar surface area (TPSA) is 46.5 Å². The number of hydrogen-bond donors (Lipinski definition) is 1. The highest BCUT2D eigenvalue weighted by molar-refractivity contribution is 5.69. The summed E-state index contributed by atoms with van der Waals surface area (Å²) in [6, 6.07) is 0. The largest absolute Gasteiger partial charge is 0.469 e. The average Bonchev–Trinajstić information content (AvgIpc) is 2.10. The van der Waals surface area contributed by atoms with E-state index >= 15 is 0 Å². The number of aliphatic hydroxyl groups is 1. The van der Waals surface area contributed by atoms with Crippen molar-refractivity contribution in [2.24, 2.45) is 0 Å². The van der Waals surface area contributed by atoms with Crippen LogP contribution in [-0.2, 0) is 9.53 Å². The molecule has 0 saturated carbocycles. The van der Waals surface area contributed by atoms with Crippen LogP contribution in [0.3, 0.4) is 0 Å². The summed E-state index contributed by atoms with van der Waals surface area (Å²) in [6.07, 6.45) is 0.719. The van der Waals surface area contributed by atoms with Gasteiger partial charge in [0, 0.05) is 6.42 Å². The zero-order chi connectivity index (χ0) is 9.23. The van der Waals surface area contributed by atoms with Crippen LogP contribution in [0.25, 0.3) is 0 Å². The van der Waals surface area contributed by atoms with E-state index in [1.54, 1.807) is 0 Å². The van der Waals surface area contributed by atoms with Gasteiger partial charge in [-0.3, -0.25) is 4.79 Å². The molecule has 0 aliphatic carbocycles. The SMILES string of the molecule is COC(=O)CCC#CC#CCO. The second-order valence-electron chi connectivity index (χ2n) is 1.84. The molecule has 0 atom stereocenters. The van der Waals surface area contributed by atoms with Crippen molar-refractivity contribution in [2.75, 3.05) is 13.7 Å². The van der Waals surface area contributed by atoms with Crippen molar-refractivity contribution in [3.8, 4) is 23.7 Å². The molecule has 12 heavy (non-hydrogen) atoms. The standard InChI is InChI=1S/C9H10O3/c1-12-9(11)7-5-3-2-4-6-8-10/h10H,5,7-8H2,1H3. The van der Waals surface area contributed by atoms with Crippen molar-refractivity contribution in [1.29, 1.82) is 0 Å². The highest BCUT2D eigenvalue weighted by Crippen LogP contribution is 1.88. The van der Waals surface area contributed by atoms with Crippen molar-refractivity contribution in [1.82, 2.24) is 0 Å². The summed E-state index contributed by atoms with van der Waals surface area (Å²) in [7, 11) is 1.33. The quantitative estimate of drug-likeness (QED) is 0.461. The highest BCUT2D eigenvalue weighted by atomic mass is 16.5. The first-order valence-electron chi connectivity index (χ1n) is 3.44. The van der Waals surface area contributed by atoms with Crippen LogP contribution in [0.4, 0.5) is 0 Å². The van der Waals surface area contributed by atoms with Gasteiger partial charge in [-0.05, 0) is 11.8 Å². The van der Waals surface area contributed by atoms with Crippen molar-refractivity contribution < 1.29 is 14.6 Å². The van der Waals surface area contributed by atoms with Gasteiger partial charge in [0.15, 0.2) is 0 Å². The Labute approximate surface area is 71.7 Å². The molecular formula is C9H10O3. The number of carbonyl (C=O) groups is 1. The first-order valence-corrected chi connectivity index (χ1v) is 3.44. The second kappa shape index (κ2) is 7.65. The van der Waals surface area contributed by atoms with Gasteiger partial charge in [-0.2, -0.15) is 0 Å². The van der Waals surface area contributed by atoms with Gasteiger partial charge < -0.3 is 9.84 Å². The Morgan fingerprint density at radius 2 is 2.08 bits per heavy atom. The van der Waals surface area contributed by atoms with Crippen molar-refractivity contribution >= 4 is 5.97 Å². The molecule has 0 amide bonds. The van der Waals surface area contributed by atoms with Gasteiger partial charge in [-0.25, -0.2) is 0 Å². The van der Waals surface area contributed by atoms with Gasteiger partial charge in [0.1, 0.15) is 6.61 Å². The molecule has 0 aromatic heterocycles. The third kappa shape index (κ3) is 6.67. The van der Waals surface area contributed by atoms with E-state index in [0.29, 0.717) is 6.42 Å². The highest BCUT2D eigenvalue weighted by Gasteiger charge is 1.94. The molecule has 0 unspecified atom stereocenters. The van der Waals surface area contributed by atoms with E-state index in [-0.39, 0.29) is 19.0 Å². The van der Waals surface area contributed by atoms with E-state index in [4.69, 9.17) is 5.11 Å². The Bertz CT molecular complexity index is 246. The van der Waals surface area contributed by atoms with Crippen LogP contribution in [0.5, 0.6) is 0 Å². The monoisotopic (exact) mass is 166 g/mol. The summed E-state index contributed by atoms with van der Waals surface area (Å²) >= 11 is 0. The summed E-state index contributed by atoms with van der Waals surface area (Å²) in [6.45, 7) is -0.189. The molecule has 0 aliphatic heterocycles. The van der Waals surface area contributed by atoms with Crippen LogP contribution in [0.1, 0.15) is 12.8 Å². The van der Waals surface area contributed by atoms with E-state index in [0.717, 1.165) is 0 Å². The fourth-order valence-electron chi connectivity index (χ4n) is 0.457. The van der Waals surface area contributed by atoms with E-state index in [1.165, 1.54) is 7.11 Å². The third-order valence-electron chi connectivity index (χ3n) is 1.00. The number of aliphatic hydroxyl groups excluding tert-OH is 1. The minimum Gasteiger partial charge on any atom is -0.469 e. The lowest BCUT2D eigenvalue weighted by Gasteiger charge is -1.91. The molecule has 0 aromatic rings. The molecule has 0 heterocycles. The summed E-state index contributed by atoms with van der Waals surface area (Å²) in [5.41, 5.74) is 0. The van der Waals surface area contributed by atoms with Crippen LogP contribution in [-0.4, -0.2) is 24.8 Å². The number of methoxy groups -OCH3 is 1. The van der Waals surface area contributed by atoms with E-state index in [1.807, 2.05) is 0 Å². The first kappa shape index (κ1) is 10.6. The lowest BCUT2D eigenvalue weighted by Crippen LogP contribution is -1.98. The second-order valence-corrected chi connectivity index (χ2v) is 1.84. The minimum atomic E-state index is -0.278. The molecule has 0 saturated heterocycles. The maximum absolute atomic E-state index is 10.5. The van der Waals surface area contributed by atoms with Gasteiger partial charge in [-0.1, -0.05) is 11.8 Å². The molecular weight excluding hydrogens is 156 g/mol. The summed E-state index contributed by atoms with van der Waals surface area (Å²) in [5, 5.41) is 8.23. The molecule has 3 nitrogen and oxygen atoms in total. The number of hydrogen-bond acceptors (Lipinski definition) is 3.